The Hall–Kier alpha value is -3.12. The molecule has 0 spiro atoms. The van der Waals surface area contributed by atoms with Crippen LogP contribution < -0.4 is 10.0 Å². The van der Waals surface area contributed by atoms with Crippen molar-refractivity contribution < 1.29 is 22.2 Å². The number of benzene rings is 2. The highest BCUT2D eigenvalue weighted by molar-refractivity contribution is 7.87. The number of nitrogens with one attached hydrogen (secondary N) is 2. The molecular formula is C23H20FN3O4S3. The van der Waals surface area contributed by atoms with Crippen LogP contribution in [-0.4, -0.2) is 23.9 Å². The van der Waals surface area contributed by atoms with Gasteiger partial charge < -0.3 is 5.32 Å². The number of hydrogen-bond acceptors (Lipinski definition) is 6. The van der Waals surface area contributed by atoms with E-state index in [1.54, 1.807) is 35.6 Å². The van der Waals surface area contributed by atoms with E-state index in [0.717, 1.165) is 21.1 Å². The van der Waals surface area contributed by atoms with Gasteiger partial charge in [0, 0.05) is 5.38 Å². The average Bonchev–Trinajstić information content (AvgIpc) is 3.46. The molecule has 176 valence electrons. The Morgan fingerprint density at radius 2 is 1.85 bits per heavy atom. The van der Waals surface area contributed by atoms with E-state index in [9.17, 15) is 17.6 Å². The first-order chi connectivity index (χ1) is 16.2. The van der Waals surface area contributed by atoms with Crippen LogP contribution in [0.1, 0.15) is 22.2 Å². The van der Waals surface area contributed by atoms with Crippen LogP contribution in [0.25, 0.3) is 10.6 Å². The van der Waals surface area contributed by atoms with Crippen molar-refractivity contribution >= 4 is 44.6 Å². The van der Waals surface area contributed by atoms with E-state index in [2.05, 4.69) is 5.32 Å². The smallest absolute Gasteiger partial charge is 0.346 e. The Bertz CT molecular complexity index is 1370. The first kappa shape index (κ1) is 24.0. The van der Waals surface area contributed by atoms with E-state index in [0.29, 0.717) is 12.0 Å². The number of thiophene rings is 1. The molecule has 2 aromatic heterocycles. The highest BCUT2D eigenvalue weighted by Gasteiger charge is 2.20. The van der Waals surface area contributed by atoms with Crippen molar-refractivity contribution in [2.75, 3.05) is 4.72 Å². The normalized spacial score (nSPS) is 12.3. The molecule has 0 radical (unpaired) electrons. The number of halogens is 1. The summed E-state index contributed by atoms with van der Waals surface area (Å²) in [5.74, 6) is -0.672. The molecule has 4 rings (SSSR count). The van der Waals surface area contributed by atoms with Crippen molar-refractivity contribution in [2.45, 2.75) is 18.9 Å². The zero-order valence-electron chi connectivity index (χ0n) is 17.6. The molecule has 0 saturated heterocycles. The quantitative estimate of drug-likeness (QED) is 0.275. The molecule has 0 aliphatic carbocycles. The van der Waals surface area contributed by atoms with Gasteiger partial charge in [0.2, 0.25) is 5.91 Å². The van der Waals surface area contributed by atoms with E-state index in [-0.39, 0.29) is 18.0 Å². The van der Waals surface area contributed by atoms with Crippen LogP contribution in [0.5, 0.6) is 0 Å². The summed E-state index contributed by atoms with van der Waals surface area (Å²) >= 11 is 3.01. The minimum absolute atomic E-state index is 0.0225. The zero-order valence-corrected chi connectivity index (χ0v) is 20.1. The molecule has 3 N–H and O–H groups in total. The van der Waals surface area contributed by atoms with Crippen LogP contribution in [0.3, 0.4) is 0 Å². The maximum absolute atomic E-state index is 13.5. The molecule has 0 aliphatic rings. The van der Waals surface area contributed by atoms with E-state index in [4.69, 9.17) is 9.54 Å². The first-order valence-electron chi connectivity index (χ1n) is 10.1. The van der Waals surface area contributed by atoms with Crippen LogP contribution in [0.15, 0.2) is 71.4 Å². The molecule has 2 heterocycles. The Balaban J connectivity index is 1.54. The molecule has 2 aromatic carbocycles. The minimum Gasteiger partial charge on any atom is -0.346 e. The van der Waals surface area contributed by atoms with Crippen LogP contribution >= 0.6 is 22.7 Å². The second-order valence-corrected chi connectivity index (χ2v) is 10.4. The standard InChI is InChI=1S/C23H20FN3O4S3/c24-17-4-1-3-16(11-17)13-22(28)25-19(23-26-20(14-33-23)21-5-2-10-32-21)12-15-6-8-18(9-7-15)27-34(29,30)31/h1-11,14,19,27H,12-13H2,(H,25,28)(H,29,30,31)/t19-/m0/s1. The molecule has 0 fully saturated rings. The third kappa shape index (κ3) is 6.70. The summed E-state index contributed by atoms with van der Waals surface area (Å²) in [6.07, 6.45) is 0.424. The van der Waals surface area contributed by atoms with Crippen molar-refractivity contribution in [3.63, 3.8) is 0 Å². The second kappa shape index (κ2) is 10.4. The van der Waals surface area contributed by atoms with Crippen LogP contribution in [-0.2, 0) is 27.9 Å². The predicted octanol–water partition coefficient (Wildman–Crippen LogP) is 4.87. The fourth-order valence-corrected chi connectivity index (χ4v) is 5.42. The maximum Gasteiger partial charge on any atom is 0.357 e. The molecule has 0 unspecified atom stereocenters. The number of aromatic nitrogens is 1. The highest BCUT2D eigenvalue weighted by Crippen LogP contribution is 2.30. The maximum atomic E-state index is 13.5. The average molecular weight is 518 g/mol. The number of carbonyl (C=O) groups is 1. The van der Waals surface area contributed by atoms with E-state index in [1.807, 2.05) is 27.6 Å². The van der Waals surface area contributed by atoms with Crippen molar-refractivity contribution in [1.82, 2.24) is 10.3 Å². The Labute approximate surface area is 204 Å². The molecule has 0 saturated carbocycles. The number of nitrogens with zero attached hydrogens (tertiary/aromatic N) is 1. The van der Waals surface area contributed by atoms with Crippen molar-refractivity contribution in [2.24, 2.45) is 0 Å². The summed E-state index contributed by atoms with van der Waals surface area (Å²) < 4.78 is 46.5. The molecule has 0 aliphatic heterocycles. The fraction of sp³-hybridized carbons (Fsp3) is 0.130. The molecular weight excluding hydrogens is 497 g/mol. The number of anilines is 1. The molecule has 7 nitrogen and oxygen atoms in total. The molecule has 11 heteroatoms. The van der Waals surface area contributed by atoms with Gasteiger partial charge in [0.1, 0.15) is 10.8 Å². The van der Waals surface area contributed by atoms with Crippen LogP contribution in [0.4, 0.5) is 10.1 Å². The van der Waals surface area contributed by atoms with Crippen LogP contribution in [0, 0.1) is 5.82 Å². The summed E-state index contributed by atoms with van der Waals surface area (Å²) in [7, 11) is -4.36. The van der Waals surface area contributed by atoms with Gasteiger partial charge in [0.25, 0.3) is 0 Å². The lowest BCUT2D eigenvalue weighted by atomic mass is 10.0. The van der Waals surface area contributed by atoms with Crippen molar-refractivity contribution in [3.8, 4) is 10.6 Å². The van der Waals surface area contributed by atoms with Gasteiger partial charge in [-0.2, -0.15) is 8.42 Å². The number of amides is 1. The Morgan fingerprint density at radius 1 is 1.06 bits per heavy atom. The van der Waals surface area contributed by atoms with Gasteiger partial charge in [-0.1, -0.05) is 30.3 Å². The molecule has 34 heavy (non-hydrogen) atoms. The second-order valence-electron chi connectivity index (χ2n) is 7.45. The summed E-state index contributed by atoms with van der Waals surface area (Å²) in [5.41, 5.74) is 2.43. The summed E-state index contributed by atoms with van der Waals surface area (Å²) in [6, 6.07) is 15.8. The topological polar surface area (TPSA) is 108 Å². The lowest BCUT2D eigenvalue weighted by Crippen LogP contribution is -2.31. The fourth-order valence-electron chi connectivity index (χ4n) is 3.36. The number of thiazole rings is 1. The summed E-state index contributed by atoms with van der Waals surface area (Å²) in [6.45, 7) is 0. The van der Waals surface area contributed by atoms with Gasteiger partial charge in [-0.15, -0.1) is 22.7 Å². The molecule has 1 amide bonds. The third-order valence-electron chi connectivity index (χ3n) is 4.82. The minimum atomic E-state index is -4.36. The van der Waals surface area contributed by atoms with Gasteiger partial charge in [0.05, 0.1) is 28.7 Å². The third-order valence-corrected chi connectivity index (χ3v) is 7.17. The molecule has 0 bridgehead atoms. The predicted molar refractivity (Wildman–Crippen MR) is 132 cm³/mol. The highest BCUT2D eigenvalue weighted by atomic mass is 32.2. The first-order valence-corrected chi connectivity index (χ1v) is 13.3. The van der Waals surface area contributed by atoms with Gasteiger partial charge in [-0.3, -0.25) is 14.1 Å². The van der Waals surface area contributed by atoms with E-state index in [1.165, 1.54) is 35.6 Å². The number of rotatable bonds is 9. The van der Waals surface area contributed by atoms with Gasteiger partial charge in [-0.25, -0.2) is 9.37 Å². The lowest BCUT2D eigenvalue weighted by Gasteiger charge is -2.17. The SMILES string of the molecule is O=C(Cc1cccc(F)c1)N[C@@H](Cc1ccc(NS(=O)(=O)O)cc1)c1nc(-c2cccs2)cs1. The van der Waals surface area contributed by atoms with Crippen molar-refractivity contribution in [3.05, 3.63) is 93.4 Å². The van der Waals surface area contributed by atoms with E-state index < -0.39 is 22.2 Å². The molecule has 1 atom stereocenters. The summed E-state index contributed by atoms with van der Waals surface area (Å²) in [5, 5.41) is 7.62. The van der Waals surface area contributed by atoms with Gasteiger partial charge in [-0.05, 0) is 53.3 Å². The lowest BCUT2D eigenvalue weighted by molar-refractivity contribution is -0.121. The van der Waals surface area contributed by atoms with Gasteiger partial charge >= 0.3 is 10.3 Å². The largest absolute Gasteiger partial charge is 0.357 e. The van der Waals surface area contributed by atoms with Crippen LogP contribution in [0.2, 0.25) is 0 Å². The Morgan fingerprint density at radius 3 is 2.53 bits per heavy atom. The zero-order chi connectivity index (χ0) is 24.1. The number of carbonyl (C=O) groups excluding carboxylic acids is 1. The van der Waals surface area contributed by atoms with Crippen molar-refractivity contribution in [1.29, 1.82) is 0 Å². The molecule has 4 aromatic rings. The Kier molecular flexibility index (Phi) is 7.37. The van der Waals surface area contributed by atoms with Gasteiger partial charge in [0.15, 0.2) is 0 Å². The number of hydrogen-bond donors (Lipinski definition) is 3. The van der Waals surface area contributed by atoms with E-state index >= 15 is 0 Å². The summed E-state index contributed by atoms with van der Waals surface area (Å²) in [4.78, 5) is 18.5. The monoisotopic (exact) mass is 517 g/mol.